The molecular weight excluding hydrogens is 399 g/mol. The maximum Gasteiger partial charge on any atom is 0.253 e. The monoisotopic (exact) mass is 418 g/mol. The van der Waals surface area contributed by atoms with Gasteiger partial charge in [-0.05, 0) is 42.8 Å². The second kappa shape index (κ2) is 7.76. The van der Waals surface area contributed by atoms with Crippen LogP contribution in [-0.2, 0) is 0 Å². The Labute approximate surface area is 178 Å². The van der Waals surface area contributed by atoms with Crippen molar-refractivity contribution >= 4 is 22.6 Å². The van der Waals surface area contributed by atoms with E-state index in [1.807, 2.05) is 23.1 Å². The summed E-state index contributed by atoms with van der Waals surface area (Å²) in [5, 5.41) is 10.5. The van der Waals surface area contributed by atoms with Crippen LogP contribution in [0.15, 0.2) is 42.5 Å². The van der Waals surface area contributed by atoms with E-state index in [2.05, 4.69) is 6.07 Å². The van der Waals surface area contributed by atoms with Gasteiger partial charge in [0.05, 0.1) is 11.1 Å². The number of amides is 1. The van der Waals surface area contributed by atoms with Crippen LogP contribution in [0.25, 0.3) is 10.9 Å². The molecular formula is C23H19FN4O3. The van der Waals surface area contributed by atoms with E-state index in [1.165, 1.54) is 24.3 Å². The lowest BCUT2D eigenvalue weighted by atomic mass is 10.1. The smallest absolute Gasteiger partial charge is 0.253 e. The van der Waals surface area contributed by atoms with Crippen LogP contribution in [-0.4, -0.2) is 48.8 Å². The quantitative estimate of drug-likeness (QED) is 0.635. The Hall–Kier alpha value is -3.86. The molecule has 0 radical (unpaired) electrons. The molecule has 0 unspecified atom stereocenters. The molecule has 0 bridgehead atoms. The first-order valence-electron chi connectivity index (χ1n) is 10.1. The summed E-state index contributed by atoms with van der Waals surface area (Å²) in [5.41, 5.74) is 1.67. The summed E-state index contributed by atoms with van der Waals surface area (Å²) >= 11 is 0. The fourth-order valence-corrected chi connectivity index (χ4v) is 3.98. The molecule has 1 saturated heterocycles. The number of hydrogen-bond donors (Lipinski definition) is 0. The Kier molecular flexibility index (Phi) is 4.79. The highest BCUT2D eigenvalue weighted by atomic mass is 19.1. The third-order valence-corrected chi connectivity index (χ3v) is 5.58. The molecule has 7 nitrogen and oxygen atoms in total. The van der Waals surface area contributed by atoms with Crippen LogP contribution in [0.5, 0.6) is 11.5 Å². The number of nitrogens with zero attached hydrogens (tertiary/aromatic N) is 4. The molecule has 1 aromatic heterocycles. The number of hydrogen-bond acceptors (Lipinski definition) is 6. The highest BCUT2D eigenvalue weighted by Gasteiger charge is 2.24. The lowest BCUT2D eigenvalue weighted by Crippen LogP contribution is -2.35. The van der Waals surface area contributed by atoms with E-state index in [1.54, 1.807) is 4.90 Å². The molecule has 0 saturated carbocycles. The number of benzene rings is 2. The summed E-state index contributed by atoms with van der Waals surface area (Å²) < 4.78 is 24.0. The van der Waals surface area contributed by atoms with Gasteiger partial charge in [0.15, 0.2) is 11.5 Å². The number of pyridine rings is 1. The normalized spacial score (nSPS) is 15.6. The van der Waals surface area contributed by atoms with Crippen molar-refractivity contribution in [2.45, 2.75) is 6.42 Å². The van der Waals surface area contributed by atoms with Crippen LogP contribution in [0.3, 0.4) is 0 Å². The van der Waals surface area contributed by atoms with E-state index >= 15 is 0 Å². The number of aromatic nitrogens is 1. The lowest BCUT2D eigenvalue weighted by molar-refractivity contribution is 0.0767. The van der Waals surface area contributed by atoms with Crippen molar-refractivity contribution in [1.29, 1.82) is 5.26 Å². The summed E-state index contributed by atoms with van der Waals surface area (Å²) in [6, 6.07) is 13.3. The molecule has 8 heteroatoms. The van der Waals surface area contributed by atoms with Gasteiger partial charge in [-0.15, -0.1) is 0 Å². The van der Waals surface area contributed by atoms with Crippen LogP contribution in [0.1, 0.15) is 22.3 Å². The van der Waals surface area contributed by atoms with Crippen molar-refractivity contribution in [2.24, 2.45) is 0 Å². The van der Waals surface area contributed by atoms with Gasteiger partial charge in [-0.25, -0.2) is 9.37 Å². The van der Waals surface area contributed by atoms with Crippen molar-refractivity contribution in [3.63, 3.8) is 0 Å². The van der Waals surface area contributed by atoms with E-state index in [9.17, 15) is 14.4 Å². The van der Waals surface area contributed by atoms with E-state index in [4.69, 9.17) is 14.5 Å². The van der Waals surface area contributed by atoms with Gasteiger partial charge in [0.1, 0.15) is 17.7 Å². The maximum absolute atomic E-state index is 13.2. The first-order valence-corrected chi connectivity index (χ1v) is 10.1. The van der Waals surface area contributed by atoms with E-state index < -0.39 is 0 Å². The third-order valence-electron chi connectivity index (χ3n) is 5.58. The van der Waals surface area contributed by atoms with Gasteiger partial charge in [-0.3, -0.25) is 4.79 Å². The number of carbonyl (C=O) groups excluding carboxylic acids is 1. The standard InChI is InChI=1S/C23H19FN4O3/c24-18-4-2-15(3-5-18)23(29)28-7-1-6-27(8-9-28)22-17(13-25)10-16-11-20-21(31-14-30-20)12-19(16)26-22/h2-5,10-12H,1,6-9,14H2. The topological polar surface area (TPSA) is 78.7 Å². The molecule has 0 N–H and O–H groups in total. The van der Waals surface area contributed by atoms with Crippen LogP contribution in [0.2, 0.25) is 0 Å². The molecule has 2 aromatic carbocycles. The summed E-state index contributed by atoms with van der Waals surface area (Å²) in [6.07, 6.45) is 0.735. The van der Waals surface area contributed by atoms with E-state index in [0.29, 0.717) is 54.6 Å². The van der Waals surface area contributed by atoms with Crippen molar-refractivity contribution < 1.29 is 18.7 Å². The Bertz CT molecular complexity index is 1210. The molecule has 1 fully saturated rings. The van der Waals surface area contributed by atoms with Gasteiger partial charge in [0, 0.05) is 43.2 Å². The average molecular weight is 418 g/mol. The molecule has 0 aliphatic carbocycles. The average Bonchev–Trinajstić information content (AvgIpc) is 3.10. The van der Waals surface area contributed by atoms with Crippen LogP contribution in [0.4, 0.5) is 10.2 Å². The minimum Gasteiger partial charge on any atom is -0.454 e. The van der Waals surface area contributed by atoms with Gasteiger partial charge >= 0.3 is 0 Å². The zero-order valence-electron chi connectivity index (χ0n) is 16.7. The van der Waals surface area contributed by atoms with E-state index in [0.717, 1.165) is 17.3 Å². The minimum absolute atomic E-state index is 0.124. The predicted molar refractivity (Wildman–Crippen MR) is 112 cm³/mol. The summed E-state index contributed by atoms with van der Waals surface area (Å²) in [6.45, 7) is 2.46. The van der Waals surface area contributed by atoms with Crippen molar-refractivity contribution in [2.75, 3.05) is 37.9 Å². The van der Waals surface area contributed by atoms with Gasteiger partial charge in [-0.2, -0.15) is 5.26 Å². The summed E-state index contributed by atoms with van der Waals surface area (Å²) in [4.78, 5) is 21.4. The zero-order chi connectivity index (χ0) is 21.4. The van der Waals surface area contributed by atoms with Crippen molar-refractivity contribution in [1.82, 2.24) is 9.88 Å². The fourth-order valence-electron chi connectivity index (χ4n) is 3.98. The number of carbonyl (C=O) groups is 1. The van der Waals surface area contributed by atoms with Crippen molar-refractivity contribution in [3.05, 3.63) is 59.4 Å². The molecule has 5 rings (SSSR count). The highest BCUT2D eigenvalue weighted by molar-refractivity contribution is 5.94. The van der Waals surface area contributed by atoms with Gasteiger partial charge in [-0.1, -0.05) is 0 Å². The SMILES string of the molecule is N#Cc1cc2cc3c(cc2nc1N1CCCN(C(=O)c2ccc(F)cc2)CC1)OCO3. The van der Waals surface area contributed by atoms with Gasteiger partial charge in [0.2, 0.25) is 6.79 Å². The molecule has 0 spiro atoms. The van der Waals surface area contributed by atoms with Gasteiger partial charge < -0.3 is 19.3 Å². The molecule has 3 heterocycles. The number of ether oxygens (including phenoxy) is 2. The van der Waals surface area contributed by atoms with Crippen LogP contribution >= 0.6 is 0 Å². The number of rotatable bonds is 2. The summed E-state index contributed by atoms with van der Waals surface area (Å²) in [5.74, 6) is 1.40. The van der Waals surface area contributed by atoms with Crippen molar-refractivity contribution in [3.8, 4) is 17.6 Å². The second-order valence-electron chi connectivity index (χ2n) is 7.51. The molecule has 1 amide bonds. The number of halogens is 1. The Morgan fingerprint density at radius 2 is 1.81 bits per heavy atom. The molecule has 2 aliphatic rings. The van der Waals surface area contributed by atoms with Gasteiger partial charge in [0.25, 0.3) is 5.91 Å². The third kappa shape index (κ3) is 3.59. The molecule has 2 aliphatic heterocycles. The molecule has 31 heavy (non-hydrogen) atoms. The Balaban J connectivity index is 1.40. The largest absolute Gasteiger partial charge is 0.454 e. The summed E-state index contributed by atoms with van der Waals surface area (Å²) in [7, 11) is 0. The molecule has 3 aromatic rings. The second-order valence-corrected chi connectivity index (χ2v) is 7.51. The predicted octanol–water partition coefficient (Wildman–Crippen LogP) is 3.33. The fraction of sp³-hybridized carbons (Fsp3) is 0.261. The number of nitriles is 1. The lowest BCUT2D eigenvalue weighted by Gasteiger charge is -2.24. The first kappa shape index (κ1) is 19.1. The Morgan fingerprint density at radius 1 is 1.03 bits per heavy atom. The van der Waals surface area contributed by atoms with E-state index in [-0.39, 0.29) is 18.5 Å². The number of fused-ring (bicyclic) bond motifs is 2. The Morgan fingerprint density at radius 3 is 2.58 bits per heavy atom. The van der Waals surface area contributed by atoms with Crippen LogP contribution in [0, 0.1) is 17.1 Å². The highest BCUT2D eigenvalue weighted by Crippen LogP contribution is 2.37. The molecule has 0 atom stereocenters. The first-order chi connectivity index (χ1) is 15.1. The zero-order valence-corrected chi connectivity index (χ0v) is 16.7. The number of anilines is 1. The maximum atomic E-state index is 13.2. The molecule has 156 valence electrons. The van der Waals surface area contributed by atoms with Crippen LogP contribution < -0.4 is 14.4 Å². The minimum atomic E-state index is -0.368.